The molecule has 0 aliphatic carbocycles. The summed E-state index contributed by atoms with van der Waals surface area (Å²) in [7, 11) is 3.16. The average Bonchev–Trinajstić information content (AvgIpc) is 2.85. The van der Waals surface area contributed by atoms with Crippen LogP contribution >= 0.6 is 0 Å². The third kappa shape index (κ3) is 4.92. The Kier molecular flexibility index (Phi) is 6.78. The number of nitrogens with one attached hydrogen (secondary N) is 1. The summed E-state index contributed by atoms with van der Waals surface area (Å²) in [6.45, 7) is 0.0429. The average molecular weight is 447 g/mol. The predicted molar refractivity (Wildman–Crippen MR) is 122 cm³/mol. The number of carbonyl (C=O) groups excluding carboxylic acids is 2. The number of hydrogen-bond acceptors (Lipinski definition) is 6. The van der Waals surface area contributed by atoms with Crippen LogP contribution in [0.4, 0.5) is 0 Å². The largest absolute Gasteiger partial charge is 0.493 e. The van der Waals surface area contributed by atoms with E-state index in [9.17, 15) is 9.59 Å². The fourth-order valence-electron chi connectivity index (χ4n) is 3.82. The number of ether oxygens (including phenoxy) is 4. The summed E-state index contributed by atoms with van der Waals surface area (Å²) in [6.07, 6.45) is 0.598. The molecule has 3 aromatic rings. The smallest absolute Gasteiger partial charge is 0.318 e. The Balaban J connectivity index is 1.34. The van der Waals surface area contributed by atoms with Gasteiger partial charge in [0.15, 0.2) is 18.1 Å². The molecule has 7 nitrogen and oxygen atoms in total. The highest BCUT2D eigenvalue weighted by Crippen LogP contribution is 2.44. The molecule has 4 rings (SSSR count). The molecule has 1 aliphatic heterocycles. The number of para-hydroxylation sites is 2. The second-order valence-electron chi connectivity index (χ2n) is 7.51. The number of benzene rings is 3. The van der Waals surface area contributed by atoms with Crippen molar-refractivity contribution < 1.29 is 28.5 Å². The van der Waals surface area contributed by atoms with Crippen LogP contribution < -0.4 is 19.5 Å². The first-order chi connectivity index (χ1) is 16.1. The van der Waals surface area contributed by atoms with Gasteiger partial charge in [-0.2, -0.15) is 0 Å². The van der Waals surface area contributed by atoms with Gasteiger partial charge in [0.2, 0.25) is 0 Å². The van der Waals surface area contributed by atoms with Gasteiger partial charge in [-0.15, -0.1) is 0 Å². The van der Waals surface area contributed by atoms with Crippen molar-refractivity contribution in [3.8, 4) is 23.0 Å². The summed E-state index contributed by atoms with van der Waals surface area (Å²) in [6, 6.07) is 20.3. The monoisotopic (exact) mass is 447 g/mol. The number of hydrogen-bond donors (Lipinski definition) is 1. The van der Waals surface area contributed by atoms with E-state index in [1.54, 1.807) is 14.2 Å². The van der Waals surface area contributed by atoms with Gasteiger partial charge < -0.3 is 24.3 Å². The number of carbonyl (C=O) groups is 2. The lowest BCUT2D eigenvalue weighted by molar-refractivity contribution is -0.149. The predicted octanol–water partition coefficient (Wildman–Crippen LogP) is 3.84. The summed E-state index contributed by atoms with van der Waals surface area (Å²) in [5.74, 6) is 0.993. The second-order valence-corrected chi connectivity index (χ2v) is 7.51. The molecule has 0 radical (unpaired) electrons. The van der Waals surface area contributed by atoms with Crippen LogP contribution in [0.1, 0.15) is 22.6 Å². The van der Waals surface area contributed by atoms with Crippen molar-refractivity contribution in [2.24, 2.45) is 0 Å². The molecular weight excluding hydrogens is 422 g/mol. The maximum atomic E-state index is 13.0. The van der Waals surface area contributed by atoms with Crippen LogP contribution in [0, 0.1) is 0 Å². The van der Waals surface area contributed by atoms with Crippen LogP contribution in [0.15, 0.2) is 66.7 Å². The van der Waals surface area contributed by atoms with Crippen molar-refractivity contribution in [3.63, 3.8) is 0 Å². The number of esters is 1. The molecule has 1 N–H and O–H groups in total. The van der Waals surface area contributed by atoms with E-state index in [-0.39, 0.29) is 12.5 Å². The van der Waals surface area contributed by atoms with E-state index in [0.717, 1.165) is 16.7 Å². The van der Waals surface area contributed by atoms with Gasteiger partial charge in [-0.1, -0.05) is 42.5 Å². The first-order valence-electron chi connectivity index (χ1n) is 10.6. The third-order valence-electron chi connectivity index (χ3n) is 5.44. The van der Waals surface area contributed by atoms with Crippen molar-refractivity contribution in [1.82, 2.24) is 5.32 Å². The summed E-state index contributed by atoms with van der Waals surface area (Å²) in [4.78, 5) is 25.2. The molecule has 7 heteroatoms. The minimum Gasteiger partial charge on any atom is -0.493 e. The van der Waals surface area contributed by atoms with Crippen LogP contribution in [0.3, 0.4) is 0 Å². The van der Waals surface area contributed by atoms with Crippen LogP contribution in [0.5, 0.6) is 23.0 Å². The molecular formula is C26H25NO6. The van der Waals surface area contributed by atoms with Gasteiger partial charge in [-0.05, 0) is 36.2 Å². The number of fused-ring (bicyclic) bond motifs is 2. The summed E-state index contributed by atoms with van der Waals surface area (Å²) >= 11 is 0. The standard InChI is InChI=1S/C26H25NO6/c1-30-22-12-11-17(15-23(22)31-2)13-14-27-24(28)16-32-26(29)25-18-7-3-5-9-20(18)33-21-10-6-4-8-19(21)25/h3-12,15,25H,13-14,16H2,1-2H3,(H,27,28). The lowest BCUT2D eigenvalue weighted by Crippen LogP contribution is -2.32. The highest BCUT2D eigenvalue weighted by atomic mass is 16.5. The van der Waals surface area contributed by atoms with Crippen molar-refractivity contribution in [1.29, 1.82) is 0 Å². The Morgan fingerprint density at radius 2 is 1.52 bits per heavy atom. The molecule has 0 spiro atoms. The van der Waals surface area contributed by atoms with E-state index < -0.39 is 11.9 Å². The second kappa shape index (κ2) is 10.1. The zero-order chi connectivity index (χ0) is 23.2. The Bertz CT molecular complexity index is 1110. The molecule has 1 amide bonds. The molecule has 1 aliphatic rings. The summed E-state index contributed by atoms with van der Waals surface area (Å²) < 4.78 is 21.8. The van der Waals surface area contributed by atoms with Gasteiger partial charge in [0.05, 0.1) is 14.2 Å². The van der Waals surface area contributed by atoms with Crippen LogP contribution in [0.25, 0.3) is 0 Å². The van der Waals surface area contributed by atoms with Crippen molar-refractivity contribution in [2.45, 2.75) is 12.3 Å². The first kappa shape index (κ1) is 22.2. The minimum absolute atomic E-state index is 0.355. The molecule has 0 fully saturated rings. The maximum absolute atomic E-state index is 13.0. The maximum Gasteiger partial charge on any atom is 0.318 e. The van der Waals surface area contributed by atoms with Gasteiger partial charge >= 0.3 is 5.97 Å². The first-order valence-corrected chi connectivity index (χ1v) is 10.6. The number of amides is 1. The van der Waals surface area contributed by atoms with E-state index in [2.05, 4.69) is 5.32 Å². The van der Waals surface area contributed by atoms with Gasteiger partial charge in [-0.25, -0.2) is 0 Å². The molecule has 3 aromatic carbocycles. The molecule has 0 bridgehead atoms. The molecule has 0 atom stereocenters. The van der Waals surface area contributed by atoms with E-state index >= 15 is 0 Å². The Hall–Kier alpha value is -4.00. The zero-order valence-electron chi connectivity index (χ0n) is 18.5. The lowest BCUT2D eigenvalue weighted by atomic mass is 9.88. The van der Waals surface area contributed by atoms with E-state index in [1.165, 1.54) is 0 Å². The normalized spacial score (nSPS) is 12.1. The quantitative estimate of drug-likeness (QED) is 0.529. The Morgan fingerprint density at radius 1 is 0.879 bits per heavy atom. The Morgan fingerprint density at radius 3 is 2.15 bits per heavy atom. The van der Waals surface area contributed by atoms with Crippen molar-refractivity contribution in [2.75, 3.05) is 27.4 Å². The summed E-state index contributed by atoms with van der Waals surface area (Å²) in [5, 5.41) is 2.78. The molecule has 33 heavy (non-hydrogen) atoms. The molecule has 170 valence electrons. The van der Waals surface area contributed by atoms with E-state index in [0.29, 0.717) is 36.0 Å². The van der Waals surface area contributed by atoms with Crippen molar-refractivity contribution >= 4 is 11.9 Å². The fourth-order valence-corrected chi connectivity index (χ4v) is 3.82. The topological polar surface area (TPSA) is 83.1 Å². The van der Waals surface area contributed by atoms with Gasteiger partial charge in [0.25, 0.3) is 5.91 Å². The van der Waals surface area contributed by atoms with Gasteiger partial charge in [0, 0.05) is 17.7 Å². The third-order valence-corrected chi connectivity index (χ3v) is 5.44. The Labute approximate surface area is 192 Å². The van der Waals surface area contributed by atoms with Crippen molar-refractivity contribution in [3.05, 3.63) is 83.4 Å². The SMILES string of the molecule is COc1ccc(CCNC(=O)COC(=O)C2c3ccccc3Oc3ccccc32)cc1OC. The molecule has 1 heterocycles. The van der Waals surface area contributed by atoms with Gasteiger partial charge in [-0.3, -0.25) is 9.59 Å². The number of methoxy groups -OCH3 is 2. The highest BCUT2D eigenvalue weighted by Gasteiger charge is 2.33. The highest BCUT2D eigenvalue weighted by molar-refractivity contribution is 5.87. The fraction of sp³-hybridized carbons (Fsp3) is 0.231. The van der Waals surface area contributed by atoms with E-state index in [1.807, 2.05) is 66.7 Å². The van der Waals surface area contributed by atoms with Crippen LogP contribution in [-0.2, 0) is 20.7 Å². The van der Waals surface area contributed by atoms with Crippen LogP contribution in [0.2, 0.25) is 0 Å². The van der Waals surface area contributed by atoms with Crippen LogP contribution in [-0.4, -0.2) is 39.2 Å². The lowest BCUT2D eigenvalue weighted by Gasteiger charge is -2.26. The molecule has 0 aromatic heterocycles. The van der Waals surface area contributed by atoms with E-state index in [4.69, 9.17) is 18.9 Å². The molecule has 0 saturated carbocycles. The zero-order valence-corrected chi connectivity index (χ0v) is 18.5. The molecule has 0 saturated heterocycles. The number of rotatable bonds is 8. The minimum atomic E-state index is -0.647. The molecule has 0 unspecified atom stereocenters. The van der Waals surface area contributed by atoms with Gasteiger partial charge in [0.1, 0.15) is 17.4 Å². The summed E-state index contributed by atoms with van der Waals surface area (Å²) in [5.41, 5.74) is 2.42.